The highest BCUT2D eigenvalue weighted by Gasteiger charge is 2.27. The summed E-state index contributed by atoms with van der Waals surface area (Å²) in [6.07, 6.45) is 3.41. The monoisotopic (exact) mass is 222 g/mol. The van der Waals surface area contributed by atoms with E-state index in [0.29, 0.717) is 12.6 Å². The van der Waals surface area contributed by atoms with E-state index in [1.54, 1.807) is 6.07 Å². The molecule has 1 fully saturated rings. The van der Waals surface area contributed by atoms with E-state index >= 15 is 0 Å². The molecule has 2 atom stereocenters. The molecule has 16 heavy (non-hydrogen) atoms. The van der Waals surface area contributed by atoms with E-state index in [1.165, 1.54) is 12.5 Å². The minimum Gasteiger partial charge on any atom is -0.326 e. The third kappa shape index (κ3) is 2.42. The average molecular weight is 222 g/mol. The van der Waals surface area contributed by atoms with Crippen LogP contribution in [0, 0.1) is 5.82 Å². The van der Waals surface area contributed by atoms with E-state index in [1.807, 2.05) is 19.2 Å². The van der Waals surface area contributed by atoms with Crippen LogP contribution in [0.2, 0.25) is 0 Å². The Morgan fingerprint density at radius 2 is 2.12 bits per heavy atom. The average Bonchev–Trinajstić information content (AvgIpc) is 2.68. The van der Waals surface area contributed by atoms with Gasteiger partial charge in [-0.3, -0.25) is 4.90 Å². The Bertz CT molecular complexity index is 354. The van der Waals surface area contributed by atoms with Crippen LogP contribution >= 0.6 is 0 Å². The molecule has 0 radical (unpaired) electrons. The fraction of sp³-hybridized carbons (Fsp3) is 0.538. The highest BCUT2D eigenvalue weighted by molar-refractivity contribution is 5.17. The Labute approximate surface area is 96.2 Å². The van der Waals surface area contributed by atoms with Crippen molar-refractivity contribution in [3.63, 3.8) is 0 Å². The number of halogens is 1. The second-order valence-corrected chi connectivity index (χ2v) is 4.67. The fourth-order valence-corrected chi connectivity index (χ4v) is 2.53. The van der Waals surface area contributed by atoms with Crippen molar-refractivity contribution in [2.45, 2.75) is 37.9 Å². The zero-order chi connectivity index (χ0) is 11.5. The summed E-state index contributed by atoms with van der Waals surface area (Å²) in [7, 11) is 2.03. The third-order valence-electron chi connectivity index (χ3n) is 3.48. The second kappa shape index (κ2) is 4.93. The van der Waals surface area contributed by atoms with Crippen molar-refractivity contribution >= 4 is 0 Å². The Morgan fingerprint density at radius 1 is 1.38 bits per heavy atom. The van der Waals surface area contributed by atoms with Gasteiger partial charge in [0.15, 0.2) is 0 Å². The second-order valence-electron chi connectivity index (χ2n) is 4.67. The van der Waals surface area contributed by atoms with Crippen LogP contribution in [0.3, 0.4) is 0 Å². The molecule has 2 N–H and O–H groups in total. The summed E-state index contributed by atoms with van der Waals surface area (Å²) in [5.41, 5.74) is 6.79. The summed E-state index contributed by atoms with van der Waals surface area (Å²) in [5.74, 6) is -0.124. The van der Waals surface area contributed by atoms with E-state index in [2.05, 4.69) is 4.90 Å². The maximum absolute atomic E-state index is 13.5. The van der Waals surface area contributed by atoms with Crippen molar-refractivity contribution in [1.29, 1.82) is 0 Å². The summed E-state index contributed by atoms with van der Waals surface area (Å²) in [4.78, 5) is 2.18. The molecule has 0 aliphatic heterocycles. The van der Waals surface area contributed by atoms with Crippen molar-refractivity contribution in [2.75, 3.05) is 7.05 Å². The molecule has 3 heteroatoms. The maximum atomic E-state index is 13.5. The van der Waals surface area contributed by atoms with Crippen LogP contribution in [0.25, 0.3) is 0 Å². The highest BCUT2D eigenvalue weighted by atomic mass is 19.1. The summed E-state index contributed by atoms with van der Waals surface area (Å²) in [6.45, 7) is 0.644. The molecule has 2 unspecified atom stereocenters. The molecule has 1 aromatic carbocycles. The van der Waals surface area contributed by atoms with Crippen molar-refractivity contribution in [3.8, 4) is 0 Å². The molecule has 1 aliphatic rings. The normalized spacial score (nSPS) is 25.2. The van der Waals surface area contributed by atoms with Gasteiger partial charge < -0.3 is 5.73 Å². The number of nitrogens with two attached hydrogens (primary N) is 1. The molecule has 0 spiro atoms. The molecule has 1 aromatic rings. The van der Waals surface area contributed by atoms with E-state index in [-0.39, 0.29) is 11.9 Å². The Kier molecular flexibility index (Phi) is 3.56. The van der Waals surface area contributed by atoms with Gasteiger partial charge in [0, 0.05) is 24.2 Å². The van der Waals surface area contributed by atoms with Crippen molar-refractivity contribution in [2.24, 2.45) is 5.73 Å². The minimum atomic E-state index is -0.124. The van der Waals surface area contributed by atoms with Gasteiger partial charge in [-0.15, -0.1) is 0 Å². The van der Waals surface area contributed by atoms with Gasteiger partial charge in [0.1, 0.15) is 5.82 Å². The molecular formula is C13H19FN2. The first-order valence-electron chi connectivity index (χ1n) is 5.87. The predicted molar refractivity (Wildman–Crippen MR) is 63.5 cm³/mol. The molecule has 0 heterocycles. The van der Waals surface area contributed by atoms with Crippen LogP contribution in [-0.4, -0.2) is 24.0 Å². The number of nitrogens with zero attached hydrogens (tertiary/aromatic N) is 1. The van der Waals surface area contributed by atoms with Crippen LogP contribution in [0.4, 0.5) is 4.39 Å². The van der Waals surface area contributed by atoms with Crippen molar-refractivity contribution < 1.29 is 4.39 Å². The van der Waals surface area contributed by atoms with Gasteiger partial charge in [-0.25, -0.2) is 4.39 Å². The topological polar surface area (TPSA) is 29.3 Å². The molecular weight excluding hydrogens is 203 g/mol. The zero-order valence-corrected chi connectivity index (χ0v) is 9.70. The molecule has 1 saturated carbocycles. The van der Waals surface area contributed by atoms with Crippen LogP contribution in [-0.2, 0) is 6.54 Å². The summed E-state index contributed by atoms with van der Waals surface area (Å²) in [5, 5.41) is 0. The number of rotatable bonds is 3. The Balaban J connectivity index is 2.02. The standard InChI is InChI=1S/C13H19FN2/c1-16(13-8-4-7-12(13)15)9-10-5-2-3-6-11(10)14/h2-3,5-6,12-13H,4,7-9,15H2,1H3. The lowest BCUT2D eigenvalue weighted by Crippen LogP contribution is -2.41. The van der Waals surface area contributed by atoms with Gasteiger partial charge in [0.2, 0.25) is 0 Å². The number of benzene rings is 1. The van der Waals surface area contributed by atoms with Crippen LogP contribution in [0.15, 0.2) is 24.3 Å². The van der Waals surface area contributed by atoms with Gasteiger partial charge in [-0.05, 0) is 26.0 Å². The lowest BCUT2D eigenvalue weighted by molar-refractivity contribution is 0.218. The van der Waals surface area contributed by atoms with E-state index in [4.69, 9.17) is 5.73 Å². The molecule has 2 rings (SSSR count). The smallest absolute Gasteiger partial charge is 0.127 e. The molecule has 0 bridgehead atoms. The van der Waals surface area contributed by atoms with Gasteiger partial charge in [0.25, 0.3) is 0 Å². The Morgan fingerprint density at radius 3 is 2.75 bits per heavy atom. The highest BCUT2D eigenvalue weighted by Crippen LogP contribution is 2.23. The molecule has 2 nitrogen and oxygen atoms in total. The van der Waals surface area contributed by atoms with Gasteiger partial charge in [0.05, 0.1) is 0 Å². The Hall–Kier alpha value is -0.930. The van der Waals surface area contributed by atoms with Crippen molar-refractivity contribution in [3.05, 3.63) is 35.6 Å². The summed E-state index contributed by atoms with van der Waals surface area (Å²) >= 11 is 0. The van der Waals surface area contributed by atoms with Gasteiger partial charge >= 0.3 is 0 Å². The van der Waals surface area contributed by atoms with E-state index < -0.39 is 0 Å². The third-order valence-corrected chi connectivity index (χ3v) is 3.48. The quantitative estimate of drug-likeness (QED) is 0.849. The summed E-state index contributed by atoms with van der Waals surface area (Å²) in [6, 6.07) is 7.60. The van der Waals surface area contributed by atoms with Crippen LogP contribution < -0.4 is 5.73 Å². The van der Waals surface area contributed by atoms with Crippen molar-refractivity contribution in [1.82, 2.24) is 4.90 Å². The number of likely N-dealkylation sites (N-methyl/N-ethyl adjacent to an activating group) is 1. The molecule has 1 aliphatic carbocycles. The summed E-state index contributed by atoms with van der Waals surface area (Å²) < 4.78 is 13.5. The number of hydrogen-bond acceptors (Lipinski definition) is 2. The fourth-order valence-electron chi connectivity index (χ4n) is 2.53. The van der Waals surface area contributed by atoms with E-state index in [9.17, 15) is 4.39 Å². The lowest BCUT2D eigenvalue weighted by atomic mass is 10.1. The first-order chi connectivity index (χ1) is 7.68. The van der Waals surface area contributed by atoms with Crippen LogP contribution in [0.5, 0.6) is 0 Å². The molecule has 88 valence electrons. The SMILES string of the molecule is CN(Cc1ccccc1F)C1CCCC1N. The first kappa shape index (κ1) is 11.6. The van der Waals surface area contributed by atoms with Gasteiger partial charge in [-0.1, -0.05) is 24.6 Å². The maximum Gasteiger partial charge on any atom is 0.127 e. The molecule has 0 amide bonds. The predicted octanol–water partition coefficient (Wildman–Crippen LogP) is 2.14. The van der Waals surface area contributed by atoms with Crippen LogP contribution in [0.1, 0.15) is 24.8 Å². The minimum absolute atomic E-state index is 0.124. The van der Waals surface area contributed by atoms with E-state index in [0.717, 1.165) is 18.4 Å². The lowest BCUT2D eigenvalue weighted by Gasteiger charge is -2.27. The molecule has 0 saturated heterocycles. The number of hydrogen-bond donors (Lipinski definition) is 1. The largest absolute Gasteiger partial charge is 0.326 e. The molecule has 0 aromatic heterocycles. The van der Waals surface area contributed by atoms with Gasteiger partial charge in [-0.2, -0.15) is 0 Å². The zero-order valence-electron chi connectivity index (χ0n) is 9.70. The first-order valence-corrected chi connectivity index (χ1v) is 5.87.